The summed E-state index contributed by atoms with van der Waals surface area (Å²) in [6, 6.07) is 13.9. The van der Waals surface area contributed by atoms with Crippen LogP contribution in [0.25, 0.3) is 5.65 Å². The maximum atomic E-state index is 13.5. The number of thiophene rings is 1. The topological polar surface area (TPSA) is 69.0 Å². The van der Waals surface area contributed by atoms with E-state index in [1.54, 1.807) is 40.5 Å². The van der Waals surface area contributed by atoms with Crippen LogP contribution < -0.4 is 4.74 Å². The Morgan fingerprint density at radius 2 is 2.24 bits per heavy atom. The van der Waals surface area contributed by atoms with E-state index in [9.17, 15) is 4.79 Å². The zero-order chi connectivity index (χ0) is 22.5. The molecule has 7 nitrogen and oxygen atoms in total. The Labute approximate surface area is 196 Å². The zero-order valence-corrected chi connectivity index (χ0v) is 19.1. The first-order valence-corrected chi connectivity index (χ1v) is 12.1. The van der Waals surface area contributed by atoms with Crippen LogP contribution in [-0.4, -0.2) is 51.3 Å². The molecular weight excluding hydrogens is 436 g/mol. The molecule has 1 unspecified atom stereocenters. The van der Waals surface area contributed by atoms with Crippen LogP contribution in [0.4, 0.5) is 0 Å². The molecule has 33 heavy (non-hydrogen) atoms. The monoisotopic (exact) mass is 462 g/mol. The lowest BCUT2D eigenvalue weighted by Gasteiger charge is -2.25. The maximum Gasteiger partial charge on any atom is 0.259 e. The summed E-state index contributed by atoms with van der Waals surface area (Å²) in [5.74, 6) is 0.717. The molecule has 8 heteroatoms. The summed E-state index contributed by atoms with van der Waals surface area (Å²) < 4.78 is 13.4. The van der Waals surface area contributed by atoms with Gasteiger partial charge in [-0.05, 0) is 48.1 Å². The molecule has 5 rings (SSSR count). The van der Waals surface area contributed by atoms with Crippen molar-refractivity contribution >= 4 is 22.9 Å². The van der Waals surface area contributed by atoms with Gasteiger partial charge in [0.05, 0.1) is 18.9 Å². The fraction of sp³-hybridized carbons (Fsp3) is 0.320. The number of hydrogen-bond acceptors (Lipinski definition) is 6. The predicted octanol–water partition coefficient (Wildman–Crippen LogP) is 4.23. The van der Waals surface area contributed by atoms with Gasteiger partial charge in [0.15, 0.2) is 5.65 Å². The van der Waals surface area contributed by atoms with Crippen LogP contribution in [0, 0.1) is 0 Å². The van der Waals surface area contributed by atoms with Crippen molar-refractivity contribution in [3.8, 4) is 5.75 Å². The van der Waals surface area contributed by atoms with Crippen molar-refractivity contribution < 1.29 is 14.3 Å². The highest BCUT2D eigenvalue weighted by Gasteiger charge is 2.26. The number of ether oxygens (including phenoxy) is 2. The van der Waals surface area contributed by atoms with Crippen molar-refractivity contribution in [3.63, 3.8) is 0 Å². The lowest BCUT2D eigenvalue weighted by Crippen LogP contribution is -2.37. The molecule has 170 valence electrons. The summed E-state index contributed by atoms with van der Waals surface area (Å²) in [6.45, 7) is 2.37. The van der Waals surface area contributed by atoms with Gasteiger partial charge in [0.2, 0.25) is 0 Å². The third kappa shape index (κ3) is 5.23. The van der Waals surface area contributed by atoms with Crippen LogP contribution in [0.15, 0.2) is 66.4 Å². The molecular formula is C25H26N4O3S. The van der Waals surface area contributed by atoms with E-state index in [2.05, 4.69) is 27.6 Å². The maximum absolute atomic E-state index is 13.5. The first-order chi connectivity index (χ1) is 16.3. The van der Waals surface area contributed by atoms with Crippen LogP contribution >= 0.6 is 11.3 Å². The predicted molar refractivity (Wildman–Crippen MR) is 127 cm³/mol. The Morgan fingerprint density at radius 3 is 3.09 bits per heavy atom. The Kier molecular flexibility index (Phi) is 6.64. The summed E-state index contributed by atoms with van der Waals surface area (Å²) in [6.07, 6.45) is 7.98. The summed E-state index contributed by atoms with van der Waals surface area (Å²) in [7, 11) is 0. The first kappa shape index (κ1) is 21.6. The fourth-order valence-electron chi connectivity index (χ4n) is 4.08. The van der Waals surface area contributed by atoms with E-state index in [1.165, 1.54) is 4.88 Å². The molecule has 4 heterocycles. The van der Waals surface area contributed by atoms with Crippen molar-refractivity contribution in [2.45, 2.75) is 31.9 Å². The van der Waals surface area contributed by atoms with Crippen LogP contribution in [0.3, 0.4) is 0 Å². The Morgan fingerprint density at radius 1 is 1.27 bits per heavy atom. The molecule has 0 aliphatic carbocycles. The molecule has 1 fully saturated rings. The van der Waals surface area contributed by atoms with E-state index in [0.717, 1.165) is 37.2 Å². The molecule has 1 saturated heterocycles. The zero-order valence-electron chi connectivity index (χ0n) is 18.3. The Hall–Kier alpha value is -3.23. The van der Waals surface area contributed by atoms with Crippen molar-refractivity contribution in [1.29, 1.82) is 0 Å². The molecule has 1 aliphatic rings. The third-order valence-corrected chi connectivity index (χ3v) is 6.65. The van der Waals surface area contributed by atoms with Crippen LogP contribution in [0.2, 0.25) is 0 Å². The highest BCUT2D eigenvalue weighted by Crippen LogP contribution is 2.21. The number of carbonyl (C=O) groups excluding carboxylic acids is 1. The van der Waals surface area contributed by atoms with Gasteiger partial charge in [-0.1, -0.05) is 18.2 Å². The standard InChI is InChI=1S/C25H26N4O3S/c30-25(23-16-27-29-11-4-10-26-24(23)29)28(18-21-7-2-12-31-21)17-19-5-1-6-20(15-19)32-13-9-22-8-3-14-33-22/h1,3-6,8,10-11,14-16,21H,2,7,9,12-13,17-18H2. The van der Waals surface area contributed by atoms with Crippen LogP contribution in [0.1, 0.15) is 33.6 Å². The average Bonchev–Trinajstić information content (AvgIpc) is 3.61. The number of benzene rings is 1. The summed E-state index contributed by atoms with van der Waals surface area (Å²) >= 11 is 1.74. The van der Waals surface area contributed by atoms with Crippen molar-refractivity contribution in [1.82, 2.24) is 19.5 Å². The Bertz CT molecular complexity index is 1200. The van der Waals surface area contributed by atoms with E-state index < -0.39 is 0 Å². The highest BCUT2D eigenvalue weighted by atomic mass is 32.1. The molecule has 1 aliphatic heterocycles. The second-order valence-corrected chi connectivity index (χ2v) is 9.12. The van der Waals surface area contributed by atoms with Gasteiger partial charge >= 0.3 is 0 Å². The van der Waals surface area contributed by atoms with E-state index in [4.69, 9.17) is 9.47 Å². The lowest BCUT2D eigenvalue weighted by atomic mass is 10.1. The molecule has 1 amide bonds. The van der Waals surface area contributed by atoms with Crippen molar-refractivity contribution in [2.24, 2.45) is 0 Å². The molecule has 3 aromatic heterocycles. The first-order valence-electron chi connectivity index (χ1n) is 11.2. The number of aromatic nitrogens is 3. The minimum atomic E-state index is -0.0942. The van der Waals surface area contributed by atoms with Gasteiger partial charge in [0.25, 0.3) is 5.91 Å². The molecule has 1 atom stereocenters. The minimum absolute atomic E-state index is 0.0500. The van der Waals surface area contributed by atoms with Gasteiger partial charge < -0.3 is 14.4 Å². The molecule has 1 aromatic carbocycles. The number of fused-ring (bicyclic) bond motifs is 1. The van der Waals surface area contributed by atoms with E-state index >= 15 is 0 Å². The molecule has 0 N–H and O–H groups in total. The van der Waals surface area contributed by atoms with Gasteiger partial charge in [-0.3, -0.25) is 4.79 Å². The minimum Gasteiger partial charge on any atom is -0.493 e. The van der Waals surface area contributed by atoms with Gasteiger partial charge in [0.1, 0.15) is 11.3 Å². The van der Waals surface area contributed by atoms with Crippen molar-refractivity contribution in [3.05, 3.63) is 82.4 Å². The van der Waals surface area contributed by atoms with E-state index in [0.29, 0.717) is 30.9 Å². The van der Waals surface area contributed by atoms with Gasteiger partial charge in [0, 0.05) is 43.4 Å². The Balaban J connectivity index is 1.32. The van der Waals surface area contributed by atoms with Crippen molar-refractivity contribution in [2.75, 3.05) is 19.8 Å². The lowest BCUT2D eigenvalue weighted by molar-refractivity contribution is 0.0508. The molecule has 0 radical (unpaired) electrons. The average molecular weight is 463 g/mol. The fourth-order valence-corrected chi connectivity index (χ4v) is 4.77. The normalized spacial score (nSPS) is 15.7. The van der Waals surface area contributed by atoms with Gasteiger partial charge in [-0.2, -0.15) is 5.10 Å². The number of carbonyl (C=O) groups is 1. The SMILES string of the molecule is O=C(c1cnn2cccnc12)N(Cc1cccc(OCCc2cccs2)c1)CC1CCCO1. The van der Waals surface area contributed by atoms with E-state index in [1.807, 2.05) is 29.2 Å². The summed E-state index contributed by atoms with van der Waals surface area (Å²) in [5.41, 5.74) is 2.07. The second-order valence-electron chi connectivity index (χ2n) is 8.09. The van der Waals surface area contributed by atoms with Gasteiger partial charge in [-0.25, -0.2) is 9.50 Å². The number of amides is 1. The smallest absolute Gasteiger partial charge is 0.259 e. The third-order valence-electron chi connectivity index (χ3n) is 5.71. The molecule has 0 bridgehead atoms. The number of nitrogens with zero attached hydrogens (tertiary/aromatic N) is 4. The second kappa shape index (κ2) is 10.1. The molecule has 0 spiro atoms. The molecule has 4 aromatic rings. The largest absolute Gasteiger partial charge is 0.493 e. The van der Waals surface area contributed by atoms with Gasteiger partial charge in [-0.15, -0.1) is 11.3 Å². The summed E-state index contributed by atoms with van der Waals surface area (Å²) in [5, 5.41) is 6.36. The number of hydrogen-bond donors (Lipinski definition) is 0. The quantitative estimate of drug-likeness (QED) is 0.372. The highest BCUT2D eigenvalue weighted by molar-refractivity contribution is 7.09. The molecule has 0 saturated carbocycles. The summed E-state index contributed by atoms with van der Waals surface area (Å²) in [4.78, 5) is 21.0. The van der Waals surface area contributed by atoms with E-state index in [-0.39, 0.29) is 12.0 Å². The number of rotatable bonds is 9. The van der Waals surface area contributed by atoms with Crippen LogP contribution in [-0.2, 0) is 17.7 Å². The van der Waals surface area contributed by atoms with Crippen LogP contribution in [0.5, 0.6) is 5.75 Å².